The molecule has 11 heavy (non-hydrogen) atoms. The molecule has 0 spiro atoms. The SMILES string of the molecule is C1=CCC2=C(C=C1)OCCC2. The van der Waals surface area contributed by atoms with Crippen molar-refractivity contribution in [2.45, 2.75) is 19.3 Å². The number of rotatable bonds is 0. The lowest BCUT2D eigenvalue weighted by atomic mass is 10.0. The van der Waals surface area contributed by atoms with E-state index < -0.39 is 0 Å². The minimum absolute atomic E-state index is 0.892. The summed E-state index contributed by atoms with van der Waals surface area (Å²) >= 11 is 0. The lowest BCUT2D eigenvalue weighted by Gasteiger charge is -2.17. The van der Waals surface area contributed by atoms with Crippen molar-refractivity contribution in [3.63, 3.8) is 0 Å². The van der Waals surface area contributed by atoms with Crippen molar-refractivity contribution in [3.05, 3.63) is 35.6 Å². The highest BCUT2D eigenvalue weighted by atomic mass is 16.5. The van der Waals surface area contributed by atoms with E-state index in [2.05, 4.69) is 18.2 Å². The van der Waals surface area contributed by atoms with E-state index in [1.165, 1.54) is 18.4 Å². The van der Waals surface area contributed by atoms with E-state index in [0.717, 1.165) is 18.8 Å². The van der Waals surface area contributed by atoms with E-state index in [4.69, 9.17) is 4.74 Å². The maximum atomic E-state index is 5.51. The van der Waals surface area contributed by atoms with Gasteiger partial charge in [-0.25, -0.2) is 0 Å². The molecule has 0 amide bonds. The summed E-state index contributed by atoms with van der Waals surface area (Å²) < 4.78 is 5.51. The van der Waals surface area contributed by atoms with E-state index in [1.807, 2.05) is 6.08 Å². The standard InChI is InChI=1S/C10H12O/c1-2-5-9-6-4-8-11-10(9)7-3-1/h1-3,7H,4-6,8H2. The van der Waals surface area contributed by atoms with Crippen LogP contribution in [-0.4, -0.2) is 6.61 Å². The van der Waals surface area contributed by atoms with Gasteiger partial charge < -0.3 is 4.74 Å². The van der Waals surface area contributed by atoms with Crippen LogP contribution in [0.2, 0.25) is 0 Å². The molecular weight excluding hydrogens is 136 g/mol. The largest absolute Gasteiger partial charge is 0.494 e. The van der Waals surface area contributed by atoms with E-state index in [9.17, 15) is 0 Å². The van der Waals surface area contributed by atoms with Crippen molar-refractivity contribution in [3.8, 4) is 0 Å². The van der Waals surface area contributed by atoms with Crippen molar-refractivity contribution < 1.29 is 4.74 Å². The second-order valence-corrected chi connectivity index (χ2v) is 2.91. The van der Waals surface area contributed by atoms with Crippen LogP contribution in [0.4, 0.5) is 0 Å². The van der Waals surface area contributed by atoms with Crippen LogP contribution in [0.5, 0.6) is 0 Å². The average molecular weight is 148 g/mol. The highest BCUT2D eigenvalue weighted by molar-refractivity contribution is 5.29. The minimum Gasteiger partial charge on any atom is -0.494 e. The number of ether oxygens (including phenoxy) is 1. The van der Waals surface area contributed by atoms with Gasteiger partial charge in [0.2, 0.25) is 0 Å². The fraction of sp³-hybridized carbons (Fsp3) is 0.400. The van der Waals surface area contributed by atoms with Crippen molar-refractivity contribution in [2.24, 2.45) is 0 Å². The third-order valence-corrected chi connectivity index (χ3v) is 2.09. The molecule has 0 saturated carbocycles. The molecule has 2 aliphatic rings. The van der Waals surface area contributed by atoms with Gasteiger partial charge in [0.15, 0.2) is 0 Å². The Balaban J connectivity index is 2.26. The highest BCUT2D eigenvalue weighted by Gasteiger charge is 2.10. The molecule has 0 bridgehead atoms. The van der Waals surface area contributed by atoms with Crippen LogP contribution in [0.15, 0.2) is 35.6 Å². The summed E-state index contributed by atoms with van der Waals surface area (Å²) in [5.74, 6) is 1.11. The molecular formula is C10H12O. The molecule has 0 atom stereocenters. The monoisotopic (exact) mass is 148 g/mol. The highest BCUT2D eigenvalue weighted by Crippen LogP contribution is 2.24. The summed E-state index contributed by atoms with van der Waals surface area (Å²) in [6.45, 7) is 0.892. The Labute approximate surface area is 67.1 Å². The Morgan fingerprint density at radius 1 is 1.27 bits per heavy atom. The molecule has 0 N–H and O–H groups in total. The average Bonchev–Trinajstić information content (AvgIpc) is 2.28. The molecule has 58 valence electrons. The van der Waals surface area contributed by atoms with Crippen molar-refractivity contribution >= 4 is 0 Å². The van der Waals surface area contributed by atoms with Crippen LogP contribution < -0.4 is 0 Å². The topological polar surface area (TPSA) is 9.23 Å². The van der Waals surface area contributed by atoms with Gasteiger partial charge in [-0.05, 0) is 30.9 Å². The summed E-state index contributed by atoms with van der Waals surface area (Å²) in [6, 6.07) is 0. The van der Waals surface area contributed by atoms with Crippen LogP contribution in [0.1, 0.15) is 19.3 Å². The van der Waals surface area contributed by atoms with E-state index in [-0.39, 0.29) is 0 Å². The molecule has 0 unspecified atom stereocenters. The van der Waals surface area contributed by atoms with Crippen molar-refractivity contribution in [1.82, 2.24) is 0 Å². The van der Waals surface area contributed by atoms with Gasteiger partial charge in [0.25, 0.3) is 0 Å². The predicted molar refractivity (Wildman–Crippen MR) is 45.1 cm³/mol. The minimum atomic E-state index is 0.892. The Morgan fingerprint density at radius 3 is 3.27 bits per heavy atom. The normalized spacial score (nSPS) is 22.5. The molecule has 1 nitrogen and oxygen atoms in total. The molecule has 1 aliphatic carbocycles. The van der Waals surface area contributed by atoms with Gasteiger partial charge in [-0.1, -0.05) is 18.2 Å². The molecule has 1 heteroatoms. The van der Waals surface area contributed by atoms with E-state index in [1.54, 1.807) is 0 Å². The smallest absolute Gasteiger partial charge is 0.118 e. The molecule has 2 rings (SSSR count). The second kappa shape index (κ2) is 2.95. The third kappa shape index (κ3) is 1.37. The Bertz CT molecular complexity index is 233. The van der Waals surface area contributed by atoms with Crippen molar-refractivity contribution in [1.29, 1.82) is 0 Å². The maximum Gasteiger partial charge on any atom is 0.118 e. The summed E-state index contributed by atoms with van der Waals surface area (Å²) in [5, 5.41) is 0. The fourth-order valence-electron chi connectivity index (χ4n) is 1.49. The third-order valence-electron chi connectivity index (χ3n) is 2.09. The zero-order valence-corrected chi connectivity index (χ0v) is 6.55. The summed E-state index contributed by atoms with van der Waals surface area (Å²) in [7, 11) is 0. The van der Waals surface area contributed by atoms with E-state index >= 15 is 0 Å². The summed E-state index contributed by atoms with van der Waals surface area (Å²) in [5.41, 5.74) is 1.46. The lowest BCUT2D eigenvalue weighted by molar-refractivity contribution is 0.199. The van der Waals surface area contributed by atoms with Gasteiger partial charge in [-0.2, -0.15) is 0 Å². The van der Waals surface area contributed by atoms with E-state index in [0.29, 0.717) is 0 Å². The van der Waals surface area contributed by atoms with Crippen LogP contribution in [-0.2, 0) is 4.74 Å². The zero-order chi connectivity index (χ0) is 7.52. The van der Waals surface area contributed by atoms with Crippen LogP contribution >= 0.6 is 0 Å². The lowest BCUT2D eigenvalue weighted by Crippen LogP contribution is -2.04. The van der Waals surface area contributed by atoms with Crippen molar-refractivity contribution in [2.75, 3.05) is 6.61 Å². The first kappa shape index (κ1) is 6.71. The molecule has 0 radical (unpaired) electrons. The Kier molecular flexibility index (Phi) is 1.80. The van der Waals surface area contributed by atoms with Gasteiger partial charge in [-0.3, -0.25) is 0 Å². The molecule has 0 aromatic rings. The van der Waals surface area contributed by atoms with Crippen LogP contribution in [0.25, 0.3) is 0 Å². The molecule has 0 fully saturated rings. The zero-order valence-electron chi connectivity index (χ0n) is 6.55. The maximum absolute atomic E-state index is 5.51. The second-order valence-electron chi connectivity index (χ2n) is 2.91. The number of hydrogen-bond donors (Lipinski definition) is 0. The Hall–Kier alpha value is -0.980. The summed E-state index contributed by atoms with van der Waals surface area (Å²) in [4.78, 5) is 0. The Morgan fingerprint density at radius 2 is 2.27 bits per heavy atom. The van der Waals surface area contributed by atoms with Gasteiger partial charge in [-0.15, -0.1) is 0 Å². The predicted octanol–water partition coefficient (Wildman–Crippen LogP) is 2.57. The first-order valence-electron chi connectivity index (χ1n) is 4.15. The number of hydrogen-bond acceptors (Lipinski definition) is 1. The van der Waals surface area contributed by atoms with Crippen LogP contribution in [0.3, 0.4) is 0 Å². The molecule has 0 aromatic carbocycles. The summed E-state index contributed by atoms with van der Waals surface area (Å²) in [6.07, 6.45) is 11.9. The van der Waals surface area contributed by atoms with Gasteiger partial charge in [0.1, 0.15) is 5.76 Å². The molecule has 1 aliphatic heterocycles. The fourth-order valence-corrected chi connectivity index (χ4v) is 1.49. The van der Waals surface area contributed by atoms with Gasteiger partial charge in [0, 0.05) is 0 Å². The first-order chi connectivity index (χ1) is 5.47. The molecule has 0 saturated heterocycles. The van der Waals surface area contributed by atoms with Gasteiger partial charge >= 0.3 is 0 Å². The van der Waals surface area contributed by atoms with Gasteiger partial charge in [0.05, 0.1) is 6.61 Å². The molecule has 0 aromatic heterocycles. The van der Waals surface area contributed by atoms with Crippen LogP contribution in [0, 0.1) is 0 Å². The first-order valence-corrected chi connectivity index (χ1v) is 4.15. The number of allylic oxidation sites excluding steroid dienone is 5. The quantitative estimate of drug-likeness (QED) is 0.513. The molecule has 1 heterocycles.